The Morgan fingerprint density at radius 1 is 1.05 bits per heavy atom. The molecule has 1 saturated heterocycles. The van der Waals surface area contributed by atoms with E-state index in [1.807, 2.05) is 4.90 Å². The summed E-state index contributed by atoms with van der Waals surface area (Å²) in [6.07, 6.45) is 2.59. The maximum Gasteiger partial charge on any atom is 0.166 e. The van der Waals surface area contributed by atoms with Crippen molar-refractivity contribution in [3.8, 4) is 0 Å². The Morgan fingerprint density at radius 3 is 2.09 bits per heavy atom. The highest BCUT2D eigenvalue weighted by molar-refractivity contribution is 5.85. The number of hydrogen-bond donors (Lipinski definition) is 1. The Bertz CT molecular complexity index is 505. The average molecular weight is 339 g/mol. The first-order valence-electron chi connectivity index (χ1n) is 7.35. The lowest BCUT2D eigenvalue weighted by atomic mass is 9.97. The highest BCUT2D eigenvalue weighted by atomic mass is 35.5. The van der Waals surface area contributed by atoms with Crippen molar-refractivity contribution in [3.63, 3.8) is 0 Å². The van der Waals surface area contributed by atoms with Crippen LogP contribution in [-0.2, 0) is 0 Å². The van der Waals surface area contributed by atoms with E-state index >= 15 is 0 Å². The van der Waals surface area contributed by atoms with Crippen LogP contribution in [0.3, 0.4) is 0 Å². The zero-order chi connectivity index (χ0) is 15.0. The summed E-state index contributed by atoms with van der Waals surface area (Å²) in [5.74, 6) is -4.74. The molecular formula is C15H19ClF4N2. The van der Waals surface area contributed by atoms with Gasteiger partial charge in [0.2, 0.25) is 0 Å². The minimum Gasteiger partial charge on any atom is -0.314 e. The van der Waals surface area contributed by atoms with Crippen molar-refractivity contribution < 1.29 is 17.6 Å². The Morgan fingerprint density at radius 2 is 1.59 bits per heavy atom. The van der Waals surface area contributed by atoms with Crippen LogP contribution in [0.2, 0.25) is 0 Å². The highest BCUT2D eigenvalue weighted by Crippen LogP contribution is 2.42. The van der Waals surface area contributed by atoms with Crippen LogP contribution in [-0.4, -0.2) is 31.1 Å². The highest BCUT2D eigenvalue weighted by Gasteiger charge is 2.35. The number of hydrogen-bond acceptors (Lipinski definition) is 2. The van der Waals surface area contributed by atoms with Crippen LogP contribution in [0.25, 0.3) is 0 Å². The quantitative estimate of drug-likeness (QED) is 0.668. The molecule has 2 aliphatic rings. The molecule has 1 atom stereocenters. The molecule has 0 amide bonds. The van der Waals surface area contributed by atoms with Crippen molar-refractivity contribution in [1.29, 1.82) is 0 Å². The number of piperazine rings is 1. The van der Waals surface area contributed by atoms with Crippen molar-refractivity contribution in [1.82, 2.24) is 10.2 Å². The van der Waals surface area contributed by atoms with Gasteiger partial charge in [-0.15, -0.1) is 12.4 Å². The molecule has 1 heterocycles. The standard InChI is InChI=1S/C15H18F4N2.ClH/c16-10-8-11(17)15(19)13(14(10)18)12(7-9-1-2-9)21-5-3-20-4-6-21;/h8-9,12,20H,1-7H2;1H/t12-;/m0./s1. The lowest BCUT2D eigenvalue weighted by molar-refractivity contribution is 0.152. The lowest BCUT2D eigenvalue weighted by Crippen LogP contribution is -2.45. The van der Waals surface area contributed by atoms with Gasteiger partial charge in [0.15, 0.2) is 23.3 Å². The van der Waals surface area contributed by atoms with Crippen molar-refractivity contribution in [3.05, 3.63) is 34.9 Å². The van der Waals surface area contributed by atoms with Crippen molar-refractivity contribution in [2.45, 2.75) is 25.3 Å². The van der Waals surface area contributed by atoms with Gasteiger partial charge in [0.05, 0.1) is 0 Å². The van der Waals surface area contributed by atoms with Gasteiger partial charge >= 0.3 is 0 Å². The maximum absolute atomic E-state index is 14.1. The summed E-state index contributed by atoms with van der Waals surface area (Å²) in [6.45, 7) is 2.66. The summed E-state index contributed by atoms with van der Waals surface area (Å²) in [5, 5.41) is 3.16. The molecule has 0 unspecified atom stereocenters. The molecular weight excluding hydrogens is 320 g/mol. The summed E-state index contributed by atoms with van der Waals surface area (Å²) in [7, 11) is 0. The second-order valence-corrected chi connectivity index (χ2v) is 5.86. The van der Waals surface area contributed by atoms with E-state index in [4.69, 9.17) is 0 Å². The topological polar surface area (TPSA) is 15.3 Å². The monoisotopic (exact) mass is 338 g/mol. The van der Waals surface area contributed by atoms with Crippen LogP contribution in [0.5, 0.6) is 0 Å². The Labute approximate surface area is 133 Å². The van der Waals surface area contributed by atoms with Gasteiger partial charge in [-0.05, 0) is 12.3 Å². The van der Waals surface area contributed by atoms with Gasteiger partial charge < -0.3 is 5.32 Å². The van der Waals surface area contributed by atoms with E-state index in [-0.39, 0.29) is 18.5 Å². The molecule has 3 rings (SSSR count). The summed E-state index contributed by atoms with van der Waals surface area (Å²) in [6, 6.07) is -0.315. The second-order valence-electron chi connectivity index (χ2n) is 5.86. The van der Waals surface area contributed by atoms with E-state index in [1.165, 1.54) is 0 Å². The van der Waals surface area contributed by atoms with Crippen LogP contribution in [0, 0.1) is 29.2 Å². The van der Waals surface area contributed by atoms with Crippen LogP contribution in [0.4, 0.5) is 17.6 Å². The van der Waals surface area contributed by atoms with E-state index in [2.05, 4.69) is 5.32 Å². The van der Waals surface area contributed by atoms with Crippen LogP contribution in [0.1, 0.15) is 30.9 Å². The van der Waals surface area contributed by atoms with Gasteiger partial charge in [-0.2, -0.15) is 0 Å². The minimum atomic E-state index is -1.32. The van der Waals surface area contributed by atoms with Gasteiger partial charge in [-0.1, -0.05) is 12.8 Å². The predicted molar refractivity (Wildman–Crippen MR) is 78.0 cm³/mol. The first kappa shape index (κ1) is 17.5. The van der Waals surface area contributed by atoms with E-state index in [0.717, 1.165) is 12.8 Å². The molecule has 22 heavy (non-hydrogen) atoms. The number of benzene rings is 1. The Balaban J connectivity index is 0.00000176. The maximum atomic E-state index is 14.1. The molecule has 1 aromatic carbocycles. The van der Waals surface area contributed by atoms with E-state index in [1.54, 1.807) is 0 Å². The Hall–Kier alpha value is -0.850. The lowest BCUT2D eigenvalue weighted by Gasteiger charge is -2.35. The molecule has 1 aliphatic heterocycles. The third-order valence-electron chi connectivity index (χ3n) is 4.32. The SMILES string of the molecule is Cl.Fc1cc(F)c(F)c([C@H](CC2CC2)N2CCNCC2)c1F. The number of nitrogens with one attached hydrogen (secondary N) is 1. The molecule has 2 nitrogen and oxygen atoms in total. The number of rotatable bonds is 4. The van der Waals surface area contributed by atoms with Crippen LogP contribution >= 0.6 is 12.4 Å². The first-order chi connectivity index (χ1) is 10.1. The van der Waals surface area contributed by atoms with Gasteiger partial charge in [-0.3, -0.25) is 4.90 Å². The summed E-state index contributed by atoms with van der Waals surface area (Å²) in [4.78, 5) is 1.93. The largest absolute Gasteiger partial charge is 0.314 e. The van der Waals surface area contributed by atoms with Gasteiger partial charge in [0, 0.05) is 43.9 Å². The zero-order valence-electron chi connectivity index (χ0n) is 12.0. The molecule has 0 aromatic heterocycles. The fourth-order valence-electron chi connectivity index (χ4n) is 3.00. The molecule has 0 radical (unpaired) electrons. The average Bonchev–Trinajstić information content (AvgIpc) is 3.29. The molecule has 7 heteroatoms. The molecule has 0 spiro atoms. The molecule has 1 saturated carbocycles. The molecule has 1 aromatic rings. The minimum absolute atomic E-state index is 0. The second kappa shape index (κ2) is 7.15. The number of nitrogens with zero attached hydrogens (tertiary/aromatic N) is 1. The first-order valence-corrected chi connectivity index (χ1v) is 7.35. The van der Waals surface area contributed by atoms with Gasteiger partial charge in [-0.25, -0.2) is 17.6 Å². The smallest absolute Gasteiger partial charge is 0.166 e. The fraction of sp³-hybridized carbons (Fsp3) is 0.600. The molecule has 1 N–H and O–H groups in total. The van der Waals surface area contributed by atoms with Crippen LogP contribution < -0.4 is 5.32 Å². The van der Waals surface area contributed by atoms with E-state index in [0.29, 0.717) is 38.5 Å². The number of halogens is 5. The van der Waals surface area contributed by atoms with Gasteiger partial charge in [0.25, 0.3) is 0 Å². The molecule has 2 fully saturated rings. The predicted octanol–water partition coefficient (Wildman–Crippen LogP) is 3.41. The van der Waals surface area contributed by atoms with Crippen LogP contribution in [0.15, 0.2) is 6.07 Å². The van der Waals surface area contributed by atoms with Crippen molar-refractivity contribution >= 4 is 12.4 Å². The zero-order valence-corrected chi connectivity index (χ0v) is 12.9. The molecule has 0 bridgehead atoms. The van der Waals surface area contributed by atoms with E-state index < -0.39 is 34.9 Å². The normalized spacial score (nSPS) is 20.5. The molecule has 124 valence electrons. The fourth-order valence-corrected chi connectivity index (χ4v) is 3.00. The summed E-state index contributed by atoms with van der Waals surface area (Å²) >= 11 is 0. The Kier molecular flexibility index (Phi) is 5.69. The third-order valence-corrected chi connectivity index (χ3v) is 4.32. The third kappa shape index (κ3) is 3.55. The van der Waals surface area contributed by atoms with Gasteiger partial charge in [0.1, 0.15) is 0 Å². The molecule has 1 aliphatic carbocycles. The van der Waals surface area contributed by atoms with Crippen molar-refractivity contribution in [2.24, 2.45) is 5.92 Å². The summed E-state index contributed by atoms with van der Waals surface area (Å²) in [5.41, 5.74) is -0.443. The summed E-state index contributed by atoms with van der Waals surface area (Å²) < 4.78 is 55.2. The van der Waals surface area contributed by atoms with E-state index in [9.17, 15) is 17.6 Å². The van der Waals surface area contributed by atoms with Crippen molar-refractivity contribution in [2.75, 3.05) is 26.2 Å².